The van der Waals surface area contributed by atoms with Gasteiger partial charge in [0.2, 0.25) is 0 Å². The number of fused-ring (bicyclic) bond motifs is 1. The molecule has 1 aromatic heterocycles. The Kier molecular flexibility index (Phi) is 8.36. The van der Waals surface area contributed by atoms with Crippen molar-refractivity contribution in [3.05, 3.63) is 46.8 Å². The van der Waals surface area contributed by atoms with Crippen LogP contribution in [0.3, 0.4) is 0 Å². The first-order chi connectivity index (χ1) is 18.2. The van der Waals surface area contributed by atoms with E-state index in [0.29, 0.717) is 29.9 Å². The van der Waals surface area contributed by atoms with Gasteiger partial charge in [0.25, 0.3) is 5.91 Å². The predicted octanol–water partition coefficient (Wildman–Crippen LogP) is 6.34. The van der Waals surface area contributed by atoms with Gasteiger partial charge >= 0.3 is 11.9 Å². The molecule has 0 radical (unpaired) electrons. The number of nitrogens with zero attached hydrogens (tertiary/aromatic N) is 2. The summed E-state index contributed by atoms with van der Waals surface area (Å²) < 4.78 is 53.9. The molecule has 1 aromatic carbocycles. The molecule has 0 saturated heterocycles. The van der Waals surface area contributed by atoms with Gasteiger partial charge in [-0.05, 0) is 83.4 Å². The number of hydrogen-bond acceptors (Lipinski definition) is 6. The maximum absolute atomic E-state index is 15.6. The lowest BCUT2D eigenvalue weighted by Gasteiger charge is -2.38. The predicted molar refractivity (Wildman–Crippen MR) is 146 cm³/mol. The minimum Gasteiger partial charge on any atom is -0.462 e. The Morgan fingerprint density at radius 1 is 1.23 bits per heavy atom. The maximum Gasteiger partial charge on any atom is 0.379 e. The number of imidazole rings is 1. The van der Waals surface area contributed by atoms with E-state index < -0.39 is 29.2 Å². The van der Waals surface area contributed by atoms with Crippen molar-refractivity contribution in [2.75, 3.05) is 11.9 Å². The van der Waals surface area contributed by atoms with E-state index in [4.69, 9.17) is 16.3 Å². The molecular formula is C27H34ClF3N4O3S. The van der Waals surface area contributed by atoms with Gasteiger partial charge in [-0.25, -0.2) is 14.2 Å². The van der Waals surface area contributed by atoms with E-state index >= 15 is 8.78 Å². The van der Waals surface area contributed by atoms with E-state index in [1.165, 1.54) is 37.1 Å². The average molecular weight is 587 g/mol. The molecule has 2 aromatic rings. The average Bonchev–Trinajstić information content (AvgIpc) is 3.51. The van der Waals surface area contributed by atoms with Crippen molar-refractivity contribution in [3.8, 4) is 0 Å². The smallest absolute Gasteiger partial charge is 0.379 e. The highest BCUT2D eigenvalue weighted by Gasteiger charge is 2.66. The number of rotatable bonds is 8. The summed E-state index contributed by atoms with van der Waals surface area (Å²) in [5.74, 6) is -6.50. The van der Waals surface area contributed by atoms with Crippen LogP contribution in [0.1, 0.15) is 75.5 Å². The van der Waals surface area contributed by atoms with Crippen LogP contribution in [-0.4, -0.2) is 44.2 Å². The van der Waals surface area contributed by atoms with Crippen LogP contribution in [0.4, 0.5) is 18.9 Å². The quantitative estimate of drug-likeness (QED) is 0.277. The van der Waals surface area contributed by atoms with Gasteiger partial charge in [0.1, 0.15) is 17.1 Å². The zero-order chi connectivity index (χ0) is 28.8. The molecule has 2 unspecified atom stereocenters. The lowest BCUT2D eigenvalue weighted by molar-refractivity contribution is -0.184. The van der Waals surface area contributed by atoms with Crippen LogP contribution >= 0.6 is 23.5 Å². The number of carbonyl (C=O) groups is 2. The van der Waals surface area contributed by atoms with Gasteiger partial charge in [-0.15, -0.1) is 0 Å². The first-order valence-corrected chi connectivity index (χ1v) is 14.1. The zero-order valence-corrected chi connectivity index (χ0v) is 24.2. The molecule has 2 atom stereocenters. The fraction of sp³-hybridized carbons (Fsp3) is 0.593. The number of esters is 1. The molecule has 2 saturated carbocycles. The van der Waals surface area contributed by atoms with Gasteiger partial charge in [0, 0.05) is 23.4 Å². The van der Waals surface area contributed by atoms with Crippen LogP contribution in [0.2, 0.25) is 5.02 Å². The van der Waals surface area contributed by atoms with Crippen LogP contribution < -0.4 is 10.0 Å². The van der Waals surface area contributed by atoms with E-state index in [9.17, 15) is 14.0 Å². The number of halogens is 4. The largest absolute Gasteiger partial charge is 0.462 e. The minimum absolute atomic E-state index is 0.0859. The molecule has 214 valence electrons. The highest BCUT2D eigenvalue weighted by Crippen LogP contribution is 2.58. The molecule has 4 rings (SSSR count). The number of ether oxygens (including phenoxy) is 1. The molecule has 2 fully saturated rings. The first-order valence-electron chi connectivity index (χ1n) is 12.9. The van der Waals surface area contributed by atoms with Crippen LogP contribution in [0, 0.1) is 17.7 Å². The van der Waals surface area contributed by atoms with E-state index in [1.54, 1.807) is 17.9 Å². The molecule has 0 bridgehead atoms. The summed E-state index contributed by atoms with van der Waals surface area (Å²) in [6.07, 6.45) is 2.88. The van der Waals surface area contributed by atoms with E-state index in [1.807, 2.05) is 20.8 Å². The molecular weight excluding hydrogens is 553 g/mol. The SMILES string of the molecule is CCOC(=O)C(F)(F)C1(NSC(C)(C)C)CC2CC(c3ncn(C)c3C(=O)Nc3ccc(F)c(Cl)c3)CC2C1. The molecule has 39 heavy (non-hydrogen) atoms. The number of benzene rings is 1. The topological polar surface area (TPSA) is 85.2 Å². The molecule has 0 aliphatic heterocycles. The Bertz CT molecular complexity index is 1240. The second-order valence-corrected chi connectivity index (χ2v) is 13.5. The number of amides is 1. The van der Waals surface area contributed by atoms with Gasteiger partial charge < -0.3 is 14.6 Å². The monoisotopic (exact) mass is 586 g/mol. The van der Waals surface area contributed by atoms with Crippen molar-refractivity contribution in [3.63, 3.8) is 0 Å². The molecule has 7 nitrogen and oxygen atoms in total. The number of carbonyl (C=O) groups excluding carboxylic acids is 2. The van der Waals surface area contributed by atoms with Crippen LogP contribution in [-0.2, 0) is 16.6 Å². The number of hydrogen-bond donors (Lipinski definition) is 2. The molecule has 12 heteroatoms. The maximum atomic E-state index is 15.6. The summed E-state index contributed by atoms with van der Waals surface area (Å²) >= 11 is 7.05. The van der Waals surface area contributed by atoms with E-state index in [2.05, 4.69) is 15.0 Å². The van der Waals surface area contributed by atoms with Crippen molar-refractivity contribution in [2.45, 2.75) is 75.5 Å². The lowest BCUT2D eigenvalue weighted by Crippen LogP contribution is -2.60. The number of aromatic nitrogens is 2. The third kappa shape index (κ3) is 5.95. The summed E-state index contributed by atoms with van der Waals surface area (Å²) in [6.45, 7) is 7.14. The van der Waals surface area contributed by atoms with E-state index in [0.717, 1.165) is 0 Å². The molecule has 1 amide bonds. The molecule has 2 N–H and O–H groups in total. The Hall–Kier alpha value is -2.24. The molecule has 1 heterocycles. The third-order valence-corrected chi connectivity index (χ3v) is 8.89. The van der Waals surface area contributed by atoms with Crippen LogP contribution in [0.25, 0.3) is 0 Å². The van der Waals surface area contributed by atoms with Crippen molar-refractivity contribution < 1.29 is 27.5 Å². The van der Waals surface area contributed by atoms with Crippen molar-refractivity contribution in [2.24, 2.45) is 18.9 Å². The van der Waals surface area contributed by atoms with Crippen molar-refractivity contribution >= 4 is 41.1 Å². The van der Waals surface area contributed by atoms with Crippen molar-refractivity contribution in [1.82, 2.24) is 14.3 Å². The van der Waals surface area contributed by atoms with Gasteiger partial charge in [-0.1, -0.05) is 23.5 Å². The van der Waals surface area contributed by atoms with Crippen LogP contribution in [0.15, 0.2) is 24.5 Å². The summed E-state index contributed by atoms with van der Waals surface area (Å²) in [5, 5.41) is 2.63. The normalized spacial score (nSPS) is 25.0. The highest BCUT2D eigenvalue weighted by atomic mass is 35.5. The summed E-state index contributed by atoms with van der Waals surface area (Å²) in [4.78, 5) is 30.1. The number of nitrogens with one attached hydrogen (secondary N) is 2. The van der Waals surface area contributed by atoms with Gasteiger partial charge in [0.15, 0.2) is 0 Å². The second-order valence-electron chi connectivity index (χ2n) is 11.5. The number of alkyl halides is 2. The fourth-order valence-corrected chi connectivity index (χ4v) is 6.75. The Morgan fingerprint density at radius 3 is 2.44 bits per heavy atom. The molecule has 2 aliphatic rings. The Labute approximate surface area is 235 Å². The fourth-order valence-electron chi connectivity index (χ4n) is 5.77. The Balaban J connectivity index is 1.54. The summed E-state index contributed by atoms with van der Waals surface area (Å²) in [6, 6.07) is 3.92. The number of aryl methyl sites for hydroxylation is 1. The van der Waals surface area contributed by atoms with Gasteiger partial charge in [-0.2, -0.15) is 8.78 Å². The number of anilines is 1. The standard InChI is InChI=1S/C27H34ClF3N4O3S/c1-6-38-24(37)27(30,31)26(34-39-25(2,3)4)12-16-9-15(10-17(16)13-26)21-22(35(5)14-32-21)23(36)33-18-7-8-20(29)19(28)11-18/h7-8,11,14-17,34H,6,9-10,12-13H2,1-5H3,(H,33,36). The second kappa shape index (κ2) is 11.0. The highest BCUT2D eigenvalue weighted by molar-refractivity contribution is 7.98. The summed E-state index contributed by atoms with van der Waals surface area (Å²) in [7, 11) is 1.71. The zero-order valence-electron chi connectivity index (χ0n) is 22.6. The molecule has 0 spiro atoms. The molecule has 2 aliphatic carbocycles. The Morgan fingerprint density at radius 2 is 1.87 bits per heavy atom. The van der Waals surface area contributed by atoms with Crippen molar-refractivity contribution in [1.29, 1.82) is 0 Å². The van der Waals surface area contributed by atoms with Gasteiger partial charge in [-0.3, -0.25) is 9.52 Å². The lowest BCUT2D eigenvalue weighted by atomic mass is 9.85. The minimum atomic E-state index is -3.70. The third-order valence-electron chi connectivity index (χ3n) is 7.49. The van der Waals surface area contributed by atoms with Crippen LogP contribution in [0.5, 0.6) is 0 Å². The first kappa shape index (κ1) is 29.7. The van der Waals surface area contributed by atoms with E-state index in [-0.39, 0.29) is 47.0 Å². The van der Waals surface area contributed by atoms with Gasteiger partial charge in [0.05, 0.1) is 23.7 Å². The summed E-state index contributed by atoms with van der Waals surface area (Å²) in [5.41, 5.74) is -0.443.